The summed E-state index contributed by atoms with van der Waals surface area (Å²) in [4.78, 5) is 25.0. The van der Waals surface area contributed by atoms with Gasteiger partial charge in [0.2, 0.25) is 5.75 Å². The van der Waals surface area contributed by atoms with Crippen LogP contribution in [0.5, 0.6) is 23.0 Å². The van der Waals surface area contributed by atoms with E-state index in [2.05, 4.69) is 0 Å². The van der Waals surface area contributed by atoms with E-state index in [-0.39, 0.29) is 12.0 Å². The summed E-state index contributed by atoms with van der Waals surface area (Å²) >= 11 is 0. The predicted molar refractivity (Wildman–Crippen MR) is 94.6 cm³/mol. The second kappa shape index (κ2) is 6.74. The molecule has 7 heteroatoms. The molecule has 0 aliphatic carbocycles. The molecule has 138 valence electrons. The van der Waals surface area contributed by atoms with Gasteiger partial charge in [0, 0.05) is 30.3 Å². The minimum absolute atomic E-state index is 0.0388. The van der Waals surface area contributed by atoms with E-state index in [1.807, 2.05) is 0 Å². The van der Waals surface area contributed by atoms with Crippen LogP contribution >= 0.6 is 0 Å². The monoisotopic (exact) mass is 359 g/mol. The number of carbonyl (C=O) groups is 1. The van der Waals surface area contributed by atoms with Gasteiger partial charge in [0.25, 0.3) is 5.56 Å². The fraction of sp³-hybridized carbons (Fsp3) is 0.368. The third kappa shape index (κ3) is 2.69. The first-order valence-electron chi connectivity index (χ1n) is 8.13. The molecule has 0 radical (unpaired) electrons. The molecule has 1 aliphatic heterocycles. The molecule has 1 atom stereocenters. The number of esters is 1. The lowest BCUT2D eigenvalue weighted by Crippen LogP contribution is -2.32. The van der Waals surface area contributed by atoms with Crippen molar-refractivity contribution >= 4 is 5.97 Å². The van der Waals surface area contributed by atoms with Gasteiger partial charge in [0.1, 0.15) is 5.75 Å². The third-order valence-electron chi connectivity index (χ3n) is 4.72. The number of hydrogen-bond acceptors (Lipinski definition) is 6. The number of ether oxygens (including phenoxy) is 4. The van der Waals surface area contributed by atoms with Crippen molar-refractivity contribution in [2.45, 2.75) is 19.3 Å². The van der Waals surface area contributed by atoms with Crippen molar-refractivity contribution in [3.8, 4) is 23.0 Å². The van der Waals surface area contributed by atoms with Gasteiger partial charge >= 0.3 is 5.97 Å². The van der Waals surface area contributed by atoms with Gasteiger partial charge in [-0.05, 0) is 13.0 Å². The molecule has 0 saturated carbocycles. The standard InChI is InChI=1S/C19H21NO6/c1-10-8-14-16(19(22)20(10)2)12(9-15(21)26-14)11-6-7-13(23-3)18(25-5)17(11)24-4/h6-8,12H,9H2,1-5H3. The van der Waals surface area contributed by atoms with Crippen LogP contribution in [0.1, 0.15) is 29.2 Å². The molecular weight excluding hydrogens is 338 g/mol. The van der Waals surface area contributed by atoms with Crippen molar-refractivity contribution in [2.24, 2.45) is 7.05 Å². The van der Waals surface area contributed by atoms with Gasteiger partial charge in [-0.15, -0.1) is 0 Å². The third-order valence-corrected chi connectivity index (χ3v) is 4.72. The van der Waals surface area contributed by atoms with E-state index in [0.717, 1.165) is 0 Å². The van der Waals surface area contributed by atoms with Crippen LogP contribution in [0.25, 0.3) is 0 Å². The average Bonchev–Trinajstić information content (AvgIpc) is 2.63. The van der Waals surface area contributed by atoms with Crippen molar-refractivity contribution in [1.82, 2.24) is 4.57 Å². The van der Waals surface area contributed by atoms with Gasteiger partial charge in [-0.2, -0.15) is 0 Å². The normalized spacial score (nSPS) is 15.9. The molecule has 1 aromatic heterocycles. The quantitative estimate of drug-likeness (QED) is 0.779. The van der Waals surface area contributed by atoms with Crippen LogP contribution in [0, 0.1) is 6.92 Å². The molecule has 0 fully saturated rings. The van der Waals surface area contributed by atoms with Crippen molar-refractivity contribution in [2.75, 3.05) is 21.3 Å². The minimum Gasteiger partial charge on any atom is -0.493 e. The Balaban J connectivity index is 2.28. The van der Waals surface area contributed by atoms with Crippen molar-refractivity contribution in [3.05, 3.63) is 45.4 Å². The highest BCUT2D eigenvalue weighted by molar-refractivity contribution is 5.78. The van der Waals surface area contributed by atoms with Crippen molar-refractivity contribution < 1.29 is 23.7 Å². The summed E-state index contributed by atoms with van der Waals surface area (Å²) in [5.74, 6) is 0.747. The Morgan fingerprint density at radius 2 is 1.77 bits per heavy atom. The van der Waals surface area contributed by atoms with Crippen molar-refractivity contribution in [3.63, 3.8) is 0 Å². The average molecular weight is 359 g/mol. The maximum absolute atomic E-state index is 12.9. The van der Waals surface area contributed by atoms with Gasteiger partial charge < -0.3 is 23.5 Å². The topological polar surface area (TPSA) is 76.0 Å². The number of rotatable bonds is 4. The number of hydrogen-bond donors (Lipinski definition) is 0. The van der Waals surface area contributed by atoms with Crippen LogP contribution < -0.4 is 24.5 Å². The summed E-state index contributed by atoms with van der Waals surface area (Å²) in [6.45, 7) is 1.79. The van der Waals surface area contributed by atoms with E-state index in [1.165, 1.54) is 25.9 Å². The Labute approximate surface area is 151 Å². The molecule has 0 bridgehead atoms. The Bertz CT molecular complexity index is 931. The van der Waals surface area contributed by atoms with Crippen LogP contribution in [0.2, 0.25) is 0 Å². The zero-order chi connectivity index (χ0) is 19.0. The van der Waals surface area contributed by atoms with Crippen LogP contribution in [0.15, 0.2) is 23.0 Å². The van der Waals surface area contributed by atoms with E-state index >= 15 is 0 Å². The zero-order valence-corrected chi connectivity index (χ0v) is 15.4. The van der Waals surface area contributed by atoms with Gasteiger partial charge in [-0.25, -0.2) is 0 Å². The first-order chi connectivity index (χ1) is 12.4. The number of nitrogens with zero attached hydrogens (tertiary/aromatic N) is 1. The number of benzene rings is 1. The van der Waals surface area contributed by atoms with Gasteiger partial charge in [0.05, 0.1) is 33.3 Å². The van der Waals surface area contributed by atoms with Crippen LogP contribution in [0.3, 0.4) is 0 Å². The summed E-state index contributed by atoms with van der Waals surface area (Å²) in [6, 6.07) is 5.22. The van der Waals surface area contributed by atoms with E-state index in [4.69, 9.17) is 18.9 Å². The molecule has 1 aliphatic rings. The molecule has 0 amide bonds. The second-order valence-corrected chi connectivity index (χ2v) is 6.08. The number of aryl methyl sites for hydroxylation is 1. The van der Waals surface area contributed by atoms with Gasteiger partial charge in [0.15, 0.2) is 11.5 Å². The molecule has 1 unspecified atom stereocenters. The largest absolute Gasteiger partial charge is 0.493 e. The molecule has 1 aromatic carbocycles. The molecular formula is C19H21NO6. The van der Waals surface area contributed by atoms with E-state index in [0.29, 0.717) is 39.8 Å². The fourth-order valence-corrected chi connectivity index (χ4v) is 3.31. The maximum atomic E-state index is 12.9. The molecule has 7 nitrogen and oxygen atoms in total. The maximum Gasteiger partial charge on any atom is 0.312 e. The number of fused-ring (bicyclic) bond motifs is 1. The van der Waals surface area contributed by atoms with E-state index in [1.54, 1.807) is 32.2 Å². The van der Waals surface area contributed by atoms with Crippen LogP contribution in [-0.2, 0) is 11.8 Å². The van der Waals surface area contributed by atoms with Gasteiger partial charge in [-0.3, -0.25) is 9.59 Å². The minimum atomic E-state index is -0.500. The Kier molecular flexibility index (Phi) is 4.63. The van der Waals surface area contributed by atoms with Crippen molar-refractivity contribution in [1.29, 1.82) is 0 Å². The lowest BCUT2D eigenvalue weighted by atomic mass is 9.86. The summed E-state index contributed by atoms with van der Waals surface area (Å²) in [5.41, 5.74) is 1.61. The summed E-state index contributed by atoms with van der Waals surface area (Å²) in [7, 11) is 6.24. The summed E-state index contributed by atoms with van der Waals surface area (Å²) in [5, 5.41) is 0. The fourth-order valence-electron chi connectivity index (χ4n) is 3.31. The highest BCUT2D eigenvalue weighted by atomic mass is 16.5. The van der Waals surface area contributed by atoms with Crippen LogP contribution in [-0.4, -0.2) is 31.9 Å². The molecule has 2 aromatic rings. The molecule has 0 saturated heterocycles. The number of carbonyl (C=O) groups excluding carboxylic acids is 1. The number of pyridine rings is 1. The van der Waals surface area contributed by atoms with Crippen LogP contribution in [0.4, 0.5) is 0 Å². The smallest absolute Gasteiger partial charge is 0.312 e. The SMILES string of the molecule is COc1ccc(C2CC(=O)Oc3cc(C)n(C)c(=O)c32)c(OC)c1OC. The highest BCUT2D eigenvalue weighted by Gasteiger charge is 2.35. The Hall–Kier alpha value is -2.96. The number of methoxy groups -OCH3 is 3. The zero-order valence-electron chi connectivity index (χ0n) is 15.4. The Morgan fingerprint density at radius 3 is 2.38 bits per heavy atom. The van der Waals surface area contributed by atoms with Gasteiger partial charge in [-0.1, -0.05) is 6.07 Å². The first-order valence-corrected chi connectivity index (χ1v) is 8.13. The Morgan fingerprint density at radius 1 is 1.08 bits per heavy atom. The molecule has 2 heterocycles. The lowest BCUT2D eigenvalue weighted by molar-refractivity contribution is -0.135. The predicted octanol–water partition coefficient (Wildman–Crippen LogP) is 2.16. The summed E-state index contributed by atoms with van der Waals surface area (Å²) < 4.78 is 23.1. The first kappa shape index (κ1) is 17.8. The molecule has 0 N–H and O–H groups in total. The number of aromatic nitrogens is 1. The second-order valence-electron chi connectivity index (χ2n) is 6.08. The van der Waals surface area contributed by atoms with E-state index < -0.39 is 11.9 Å². The van der Waals surface area contributed by atoms with E-state index in [9.17, 15) is 9.59 Å². The highest BCUT2D eigenvalue weighted by Crippen LogP contribution is 2.47. The molecule has 26 heavy (non-hydrogen) atoms. The lowest BCUT2D eigenvalue weighted by Gasteiger charge is -2.27. The molecule has 0 spiro atoms. The molecule has 3 rings (SSSR count). The summed E-state index contributed by atoms with van der Waals surface area (Å²) in [6.07, 6.45) is 0.0388.